The Hall–Kier alpha value is -1.76. The van der Waals surface area contributed by atoms with E-state index >= 15 is 0 Å². The number of hydrogen-bond acceptors (Lipinski definition) is 1. The van der Waals surface area contributed by atoms with E-state index in [2.05, 4.69) is 56.3 Å². The third kappa shape index (κ3) is 6.91. The molecule has 0 heterocycles. The van der Waals surface area contributed by atoms with Gasteiger partial charge in [0.15, 0.2) is 0 Å². The monoisotopic (exact) mass is 392 g/mol. The molecule has 1 aliphatic rings. The lowest BCUT2D eigenvalue weighted by atomic mass is 9.83. The molecule has 0 aliphatic heterocycles. The number of fused-ring (bicyclic) bond motifs is 1. The second-order valence-electron chi connectivity index (χ2n) is 8.85. The molecule has 2 aromatic carbocycles. The van der Waals surface area contributed by atoms with Gasteiger partial charge in [-0.1, -0.05) is 89.5 Å². The molecule has 1 atom stereocenters. The summed E-state index contributed by atoms with van der Waals surface area (Å²) >= 11 is 0. The van der Waals surface area contributed by atoms with Crippen molar-refractivity contribution >= 4 is 16.3 Å². The normalized spacial score (nSPS) is 16.8. The van der Waals surface area contributed by atoms with E-state index in [4.69, 9.17) is 4.74 Å². The molecule has 0 amide bonds. The van der Waals surface area contributed by atoms with Crippen molar-refractivity contribution in [1.29, 1.82) is 0 Å². The minimum atomic E-state index is 0.823. The molecule has 0 saturated carbocycles. The van der Waals surface area contributed by atoms with Gasteiger partial charge in [0, 0.05) is 0 Å². The van der Waals surface area contributed by atoms with E-state index in [9.17, 15) is 0 Å². The van der Waals surface area contributed by atoms with Crippen LogP contribution in [0.4, 0.5) is 0 Å². The molecule has 1 heteroatoms. The van der Waals surface area contributed by atoms with E-state index in [-0.39, 0.29) is 0 Å². The minimum Gasteiger partial charge on any atom is -0.494 e. The van der Waals surface area contributed by atoms with Crippen molar-refractivity contribution in [3.63, 3.8) is 0 Å². The van der Waals surface area contributed by atoms with Crippen molar-refractivity contribution in [1.82, 2.24) is 0 Å². The average molecular weight is 393 g/mol. The molecule has 0 bridgehead atoms. The largest absolute Gasteiger partial charge is 0.494 e. The molecule has 0 N–H and O–H groups in total. The maximum Gasteiger partial charge on any atom is 0.119 e. The molecular formula is C28H40O. The molecule has 0 fully saturated rings. The highest BCUT2D eigenvalue weighted by Gasteiger charge is 2.15. The van der Waals surface area contributed by atoms with Crippen LogP contribution in [0.25, 0.3) is 16.3 Å². The van der Waals surface area contributed by atoms with Crippen molar-refractivity contribution in [3.8, 4) is 5.75 Å². The van der Waals surface area contributed by atoms with Gasteiger partial charge in [-0.2, -0.15) is 0 Å². The summed E-state index contributed by atoms with van der Waals surface area (Å²) in [5.41, 5.74) is 2.96. The Balaban J connectivity index is 1.53. The minimum absolute atomic E-state index is 0.823. The number of rotatable bonds is 12. The number of unbranched alkanes of at least 4 members (excludes halogenated alkanes) is 6. The zero-order chi connectivity index (χ0) is 20.3. The van der Waals surface area contributed by atoms with Crippen LogP contribution in [0.15, 0.2) is 42.5 Å². The van der Waals surface area contributed by atoms with Gasteiger partial charge >= 0.3 is 0 Å². The maximum absolute atomic E-state index is 5.92. The van der Waals surface area contributed by atoms with Gasteiger partial charge in [-0.25, -0.2) is 0 Å². The zero-order valence-corrected chi connectivity index (χ0v) is 18.7. The Morgan fingerprint density at radius 2 is 1.59 bits per heavy atom. The molecule has 2 aromatic rings. The number of allylic oxidation sites excluding steroid dienone is 2. The van der Waals surface area contributed by atoms with Crippen molar-refractivity contribution < 1.29 is 4.74 Å². The third-order valence-electron chi connectivity index (χ3n) is 6.43. The predicted molar refractivity (Wildman–Crippen MR) is 128 cm³/mol. The molecule has 0 aromatic heterocycles. The van der Waals surface area contributed by atoms with E-state index < -0.39 is 0 Å². The lowest BCUT2D eigenvalue weighted by Crippen LogP contribution is -2.05. The highest BCUT2D eigenvalue weighted by molar-refractivity contribution is 5.87. The lowest BCUT2D eigenvalue weighted by Gasteiger charge is -2.22. The van der Waals surface area contributed by atoms with Gasteiger partial charge in [-0.05, 0) is 71.7 Å². The Morgan fingerprint density at radius 1 is 0.828 bits per heavy atom. The molecule has 0 radical (unpaired) electrons. The maximum atomic E-state index is 5.92. The summed E-state index contributed by atoms with van der Waals surface area (Å²) in [5.74, 6) is 1.91. The van der Waals surface area contributed by atoms with Crippen molar-refractivity contribution in [3.05, 3.63) is 48.0 Å². The second-order valence-corrected chi connectivity index (χ2v) is 8.85. The van der Waals surface area contributed by atoms with Crippen LogP contribution < -0.4 is 4.74 Å². The standard InChI is InChI=1S/C28H40O/c1-3-5-7-8-9-11-23-12-14-24(15-13-23)25-16-17-27-22-28(19-18-26(27)21-25)29-20-10-6-4-2/h14,16-19,21-23H,3-13,15,20H2,1-2H3. The van der Waals surface area contributed by atoms with Crippen LogP contribution in [0.2, 0.25) is 0 Å². The van der Waals surface area contributed by atoms with E-state index in [1.807, 2.05) is 0 Å². The van der Waals surface area contributed by atoms with Crippen LogP contribution in [-0.4, -0.2) is 6.61 Å². The fourth-order valence-electron chi connectivity index (χ4n) is 4.50. The van der Waals surface area contributed by atoms with Crippen LogP contribution in [-0.2, 0) is 0 Å². The SMILES string of the molecule is CCCCCCCC1CC=C(c2ccc3cc(OCCCCC)ccc3c2)CC1. The molecule has 1 nitrogen and oxygen atoms in total. The fourth-order valence-corrected chi connectivity index (χ4v) is 4.50. The summed E-state index contributed by atoms with van der Waals surface area (Å²) in [6.07, 6.45) is 18.5. The van der Waals surface area contributed by atoms with Gasteiger partial charge in [0.1, 0.15) is 5.75 Å². The predicted octanol–water partition coefficient (Wildman–Crippen LogP) is 8.95. The third-order valence-corrected chi connectivity index (χ3v) is 6.43. The van der Waals surface area contributed by atoms with Crippen LogP contribution in [0.1, 0.15) is 96.5 Å². The molecular weight excluding hydrogens is 352 g/mol. The first kappa shape index (κ1) is 21.9. The summed E-state index contributed by atoms with van der Waals surface area (Å²) in [4.78, 5) is 0. The van der Waals surface area contributed by atoms with E-state index in [1.165, 1.54) is 87.0 Å². The molecule has 158 valence electrons. The summed E-state index contributed by atoms with van der Waals surface area (Å²) in [5, 5.41) is 2.60. The smallest absolute Gasteiger partial charge is 0.119 e. The highest BCUT2D eigenvalue weighted by Crippen LogP contribution is 2.34. The van der Waals surface area contributed by atoms with Crippen molar-refractivity contribution in [2.24, 2.45) is 5.92 Å². The van der Waals surface area contributed by atoms with Crippen LogP contribution in [0, 0.1) is 5.92 Å². The van der Waals surface area contributed by atoms with E-state index in [0.29, 0.717) is 0 Å². The first-order valence-electron chi connectivity index (χ1n) is 12.2. The molecule has 0 spiro atoms. The average Bonchev–Trinajstić information content (AvgIpc) is 2.76. The number of hydrogen-bond donors (Lipinski definition) is 0. The van der Waals surface area contributed by atoms with Gasteiger partial charge in [0.05, 0.1) is 6.61 Å². The van der Waals surface area contributed by atoms with E-state index in [0.717, 1.165) is 24.7 Å². The number of benzene rings is 2. The fraction of sp³-hybridized carbons (Fsp3) is 0.571. The van der Waals surface area contributed by atoms with Crippen LogP contribution >= 0.6 is 0 Å². The zero-order valence-electron chi connectivity index (χ0n) is 18.7. The highest BCUT2D eigenvalue weighted by atomic mass is 16.5. The molecule has 29 heavy (non-hydrogen) atoms. The molecule has 0 saturated heterocycles. The van der Waals surface area contributed by atoms with Gasteiger partial charge in [0.2, 0.25) is 0 Å². The molecule has 3 rings (SSSR count). The first-order chi connectivity index (χ1) is 14.3. The number of ether oxygens (including phenoxy) is 1. The summed E-state index contributed by atoms with van der Waals surface area (Å²) in [6.45, 7) is 5.34. The van der Waals surface area contributed by atoms with Gasteiger partial charge in [0.25, 0.3) is 0 Å². The summed E-state index contributed by atoms with van der Waals surface area (Å²) in [7, 11) is 0. The first-order valence-corrected chi connectivity index (χ1v) is 12.2. The Kier molecular flexibility index (Phi) is 9.12. The molecule has 1 aliphatic carbocycles. The van der Waals surface area contributed by atoms with Crippen LogP contribution in [0.5, 0.6) is 5.75 Å². The summed E-state index contributed by atoms with van der Waals surface area (Å²) in [6, 6.07) is 13.5. The Bertz CT molecular complexity index is 773. The Labute approximate surface area is 178 Å². The van der Waals surface area contributed by atoms with Gasteiger partial charge < -0.3 is 4.74 Å². The molecule has 1 unspecified atom stereocenters. The summed E-state index contributed by atoms with van der Waals surface area (Å²) < 4.78 is 5.92. The van der Waals surface area contributed by atoms with Crippen LogP contribution in [0.3, 0.4) is 0 Å². The van der Waals surface area contributed by atoms with E-state index in [1.54, 1.807) is 5.57 Å². The van der Waals surface area contributed by atoms with Gasteiger partial charge in [-0.3, -0.25) is 0 Å². The lowest BCUT2D eigenvalue weighted by molar-refractivity contribution is 0.306. The van der Waals surface area contributed by atoms with Gasteiger partial charge in [-0.15, -0.1) is 0 Å². The second kappa shape index (κ2) is 12.1. The van der Waals surface area contributed by atoms with Crippen molar-refractivity contribution in [2.75, 3.05) is 6.61 Å². The van der Waals surface area contributed by atoms with Crippen molar-refractivity contribution in [2.45, 2.75) is 90.9 Å². The topological polar surface area (TPSA) is 9.23 Å². The quantitative estimate of drug-likeness (QED) is 0.327. The Morgan fingerprint density at radius 3 is 2.38 bits per heavy atom.